The number of hydrogen-bond donors (Lipinski definition) is 0. The lowest BCUT2D eigenvalue weighted by atomic mass is 9.94. The average Bonchev–Trinajstić information content (AvgIpc) is 2.95. The second kappa shape index (κ2) is 6.15. The number of benzene rings is 2. The van der Waals surface area contributed by atoms with Crippen molar-refractivity contribution in [2.24, 2.45) is 0 Å². The van der Waals surface area contributed by atoms with E-state index in [1.807, 2.05) is 0 Å². The molecule has 0 unspecified atom stereocenters. The average molecular weight is 307 g/mol. The summed E-state index contributed by atoms with van der Waals surface area (Å²) in [6, 6.07) is 10.9. The molecular weight excluding hydrogens is 282 g/mol. The van der Waals surface area contributed by atoms with Gasteiger partial charge in [-0.25, -0.2) is 0 Å². The minimum absolute atomic E-state index is 0.604. The highest BCUT2D eigenvalue weighted by molar-refractivity contribution is 5.75. The number of aromatic nitrogens is 3. The Bertz CT molecular complexity index is 841. The van der Waals surface area contributed by atoms with Crippen molar-refractivity contribution >= 4 is 11.0 Å². The summed E-state index contributed by atoms with van der Waals surface area (Å²) in [5, 5.41) is 9.43. The Hall–Kier alpha value is -2.16. The molecule has 0 N–H and O–H groups in total. The zero-order valence-corrected chi connectivity index (χ0v) is 14.7. The lowest BCUT2D eigenvalue weighted by Gasteiger charge is -2.11. The molecule has 3 heteroatoms. The molecule has 3 rings (SSSR count). The molecule has 0 aliphatic heterocycles. The van der Waals surface area contributed by atoms with Gasteiger partial charge in [-0.3, -0.25) is 0 Å². The third-order valence-corrected chi connectivity index (χ3v) is 4.86. The van der Waals surface area contributed by atoms with Crippen molar-refractivity contribution in [2.75, 3.05) is 0 Å². The predicted molar refractivity (Wildman–Crippen MR) is 96.4 cm³/mol. The molecule has 1 aromatic heterocycles. The highest BCUT2D eigenvalue weighted by Gasteiger charge is 2.12. The molecule has 1 heterocycles. The van der Waals surface area contributed by atoms with E-state index >= 15 is 0 Å². The van der Waals surface area contributed by atoms with E-state index in [-0.39, 0.29) is 0 Å². The molecular formula is C20H25N3. The van der Waals surface area contributed by atoms with E-state index in [9.17, 15) is 0 Å². The van der Waals surface area contributed by atoms with Crippen LogP contribution in [0.15, 0.2) is 30.3 Å². The molecule has 3 nitrogen and oxygen atoms in total. The van der Waals surface area contributed by atoms with Crippen LogP contribution >= 0.6 is 0 Å². The first-order valence-corrected chi connectivity index (χ1v) is 8.48. The Labute approximate surface area is 138 Å². The van der Waals surface area contributed by atoms with Crippen LogP contribution < -0.4 is 0 Å². The highest BCUT2D eigenvalue weighted by Crippen LogP contribution is 2.26. The van der Waals surface area contributed by atoms with Crippen LogP contribution in [0.25, 0.3) is 16.7 Å². The summed E-state index contributed by atoms with van der Waals surface area (Å²) in [7, 11) is 0. The zero-order chi connectivity index (χ0) is 16.6. The van der Waals surface area contributed by atoms with Crippen molar-refractivity contribution in [3.63, 3.8) is 0 Å². The highest BCUT2D eigenvalue weighted by atomic mass is 15.5. The summed E-state index contributed by atoms with van der Waals surface area (Å²) in [4.78, 5) is 1.79. The van der Waals surface area contributed by atoms with E-state index in [1.165, 1.54) is 22.3 Å². The van der Waals surface area contributed by atoms with Gasteiger partial charge >= 0.3 is 0 Å². The van der Waals surface area contributed by atoms with E-state index in [0.717, 1.165) is 29.6 Å². The van der Waals surface area contributed by atoms with Gasteiger partial charge in [0.2, 0.25) is 0 Å². The molecule has 3 aromatic rings. The van der Waals surface area contributed by atoms with Crippen LogP contribution in [0, 0.1) is 20.8 Å². The molecule has 0 saturated carbocycles. The third kappa shape index (κ3) is 2.88. The largest absolute Gasteiger partial charge is 0.150 e. The Balaban J connectivity index is 2.11. The normalized spacial score (nSPS) is 11.6. The zero-order valence-electron chi connectivity index (χ0n) is 14.7. The summed E-state index contributed by atoms with van der Waals surface area (Å²) in [5.41, 5.74) is 8.12. The van der Waals surface area contributed by atoms with Gasteiger partial charge in [0, 0.05) is 0 Å². The van der Waals surface area contributed by atoms with Crippen LogP contribution in [0.4, 0.5) is 0 Å². The van der Waals surface area contributed by atoms with Gasteiger partial charge in [0.25, 0.3) is 0 Å². The van der Waals surface area contributed by atoms with Gasteiger partial charge < -0.3 is 0 Å². The SMILES string of the molecule is CCC(CC)c1ccc2nn(-c3cc(C)cc(C)c3C)nc2c1. The van der Waals surface area contributed by atoms with Gasteiger partial charge in [-0.1, -0.05) is 26.0 Å². The lowest BCUT2D eigenvalue weighted by molar-refractivity contribution is 0.642. The van der Waals surface area contributed by atoms with E-state index in [4.69, 9.17) is 5.10 Å². The Kier molecular flexibility index (Phi) is 4.20. The van der Waals surface area contributed by atoms with Crippen molar-refractivity contribution in [1.82, 2.24) is 15.0 Å². The topological polar surface area (TPSA) is 30.7 Å². The number of aryl methyl sites for hydroxylation is 2. The summed E-state index contributed by atoms with van der Waals surface area (Å²) in [6.45, 7) is 10.9. The van der Waals surface area contributed by atoms with Crippen LogP contribution in [-0.4, -0.2) is 15.0 Å². The minimum atomic E-state index is 0.604. The number of nitrogens with zero attached hydrogens (tertiary/aromatic N) is 3. The maximum absolute atomic E-state index is 4.74. The van der Waals surface area contributed by atoms with E-state index in [2.05, 4.69) is 70.0 Å². The lowest BCUT2D eigenvalue weighted by Crippen LogP contribution is -2.03. The number of fused-ring (bicyclic) bond motifs is 1. The standard InChI is InChI=1S/C20H25N3/c1-6-16(7-2)17-8-9-18-19(12-17)22-23(21-18)20-11-13(3)10-14(4)15(20)5/h8-12,16H,6-7H2,1-5H3. The summed E-state index contributed by atoms with van der Waals surface area (Å²) < 4.78 is 0. The maximum atomic E-state index is 4.74. The third-order valence-electron chi connectivity index (χ3n) is 4.86. The minimum Gasteiger partial charge on any atom is -0.150 e. The molecule has 0 atom stereocenters. The quantitative estimate of drug-likeness (QED) is 0.659. The van der Waals surface area contributed by atoms with Crippen molar-refractivity contribution in [1.29, 1.82) is 0 Å². The number of rotatable bonds is 4. The molecule has 0 saturated heterocycles. The Morgan fingerprint density at radius 1 is 0.913 bits per heavy atom. The first kappa shape index (κ1) is 15.7. The smallest absolute Gasteiger partial charge is 0.113 e. The fourth-order valence-electron chi connectivity index (χ4n) is 3.28. The molecule has 23 heavy (non-hydrogen) atoms. The van der Waals surface area contributed by atoms with Gasteiger partial charge in [0.15, 0.2) is 0 Å². The van der Waals surface area contributed by atoms with Crippen LogP contribution in [0.1, 0.15) is 54.9 Å². The molecule has 0 bridgehead atoms. The first-order valence-electron chi connectivity index (χ1n) is 8.48. The van der Waals surface area contributed by atoms with Gasteiger partial charge in [-0.15, -0.1) is 10.2 Å². The van der Waals surface area contributed by atoms with Crippen LogP contribution in [0.2, 0.25) is 0 Å². The van der Waals surface area contributed by atoms with Crippen LogP contribution in [0.3, 0.4) is 0 Å². The van der Waals surface area contributed by atoms with Crippen LogP contribution in [0.5, 0.6) is 0 Å². The summed E-state index contributed by atoms with van der Waals surface area (Å²) >= 11 is 0. The second-order valence-electron chi connectivity index (χ2n) is 6.48. The monoisotopic (exact) mass is 307 g/mol. The van der Waals surface area contributed by atoms with Gasteiger partial charge in [0.1, 0.15) is 11.0 Å². The fourth-order valence-corrected chi connectivity index (χ4v) is 3.28. The Morgan fingerprint density at radius 2 is 1.61 bits per heavy atom. The summed E-state index contributed by atoms with van der Waals surface area (Å²) in [5.74, 6) is 0.604. The predicted octanol–water partition coefficient (Wildman–Crippen LogP) is 5.25. The van der Waals surface area contributed by atoms with E-state index in [0.29, 0.717) is 5.92 Å². The van der Waals surface area contributed by atoms with Crippen molar-refractivity contribution in [3.8, 4) is 5.69 Å². The molecule has 0 aliphatic rings. The molecule has 0 spiro atoms. The Morgan fingerprint density at radius 3 is 2.30 bits per heavy atom. The van der Waals surface area contributed by atoms with Crippen molar-refractivity contribution in [3.05, 3.63) is 52.6 Å². The van der Waals surface area contributed by atoms with Gasteiger partial charge in [-0.05, 0) is 80.0 Å². The fraction of sp³-hybridized carbons (Fsp3) is 0.400. The number of hydrogen-bond acceptors (Lipinski definition) is 2. The van der Waals surface area contributed by atoms with Gasteiger partial charge in [-0.2, -0.15) is 4.80 Å². The van der Waals surface area contributed by atoms with Crippen molar-refractivity contribution in [2.45, 2.75) is 53.4 Å². The molecule has 0 aliphatic carbocycles. The molecule has 120 valence electrons. The van der Waals surface area contributed by atoms with Gasteiger partial charge in [0.05, 0.1) is 5.69 Å². The molecule has 0 amide bonds. The van der Waals surface area contributed by atoms with E-state index < -0.39 is 0 Å². The molecule has 0 fully saturated rings. The maximum Gasteiger partial charge on any atom is 0.113 e. The van der Waals surface area contributed by atoms with Crippen molar-refractivity contribution < 1.29 is 0 Å². The second-order valence-corrected chi connectivity index (χ2v) is 6.48. The first-order chi connectivity index (χ1) is 11.0. The summed E-state index contributed by atoms with van der Waals surface area (Å²) in [6.07, 6.45) is 2.32. The van der Waals surface area contributed by atoms with E-state index in [1.54, 1.807) is 4.80 Å². The van der Waals surface area contributed by atoms with Crippen LogP contribution in [-0.2, 0) is 0 Å². The molecule has 0 radical (unpaired) electrons. The molecule has 2 aromatic carbocycles.